The topological polar surface area (TPSA) is 54.0 Å². The average Bonchev–Trinajstić information content (AvgIpc) is 2.75. The van der Waals surface area contributed by atoms with Gasteiger partial charge >= 0.3 is 0 Å². The molecule has 0 bridgehead atoms. The third-order valence-electron chi connectivity index (χ3n) is 2.69. The van der Waals surface area contributed by atoms with Crippen LogP contribution in [-0.2, 0) is 4.79 Å². The van der Waals surface area contributed by atoms with E-state index in [-0.39, 0.29) is 11.9 Å². The maximum absolute atomic E-state index is 11.8. The molecule has 1 aliphatic rings. The normalized spacial score (nSPS) is 19.8. The molecule has 1 aliphatic heterocycles. The van der Waals surface area contributed by atoms with Crippen molar-refractivity contribution < 1.29 is 4.79 Å². The summed E-state index contributed by atoms with van der Waals surface area (Å²) in [4.78, 5) is 16.1. The molecule has 0 aliphatic carbocycles. The van der Waals surface area contributed by atoms with Gasteiger partial charge in [0.15, 0.2) is 0 Å². The molecule has 0 saturated carbocycles. The van der Waals surface area contributed by atoms with Crippen LogP contribution in [0.15, 0.2) is 16.7 Å². The van der Waals surface area contributed by atoms with Crippen molar-refractivity contribution in [3.05, 3.63) is 22.4 Å². The van der Waals surface area contributed by atoms with Crippen LogP contribution in [0.4, 0.5) is 5.69 Å². The molecule has 0 radical (unpaired) electrons. The minimum absolute atomic E-state index is 0.0322. The number of hydrogen-bond donors (Lipinski definition) is 2. The summed E-state index contributed by atoms with van der Waals surface area (Å²) in [5, 5.41) is 6.06. The third-order valence-corrected chi connectivity index (χ3v) is 3.13. The largest absolute Gasteiger partial charge is 0.323 e. The molecule has 4 nitrogen and oxygen atoms in total. The van der Waals surface area contributed by atoms with Crippen molar-refractivity contribution in [2.45, 2.75) is 25.8 Å². The van der Waals surface area contributed by atoms with Crippen LogP contribution in [0.3, 0.4) is 0 Å². The van der Waals surface area contributed by atoms with Gasteiger partial charge in [-0.1, -0.05) is 0 Å². The van der Waals surface area contributed by atoms with Crippen LogP contribution < -0.4 is 10.6 Å². The van der Waals surface area contributed by atoms with E-state index in [0.29, 0.717) is 0 Å². The summed E-state index contributed by atoms with van der Waals surface area (Å²) in [6.45, 7) is 2.80. The van der Waals surface area contributed by atoms with Gasteiger partial charge in [-0.3, -0.25) is 4.79 Å². The van der Waals surface area contributed by atoms with Gasteiger partial charge in [-0.15, -0.1) is 0 Å². The number of rotatable bonds is 2. The molecule has 0 aromatic carbocycles. The predicted octanol–water partition coefficient (Wildman–Crippen LogP) is 1.84. The SMILES string of the molecule is Cc1nc(Br)ccc1NC(=O)[C@H]1CCCN1. The van der Waals surface area contributed by atoms with Gasteiger partial charge in [0, 0.05) is 0 Å². The summed E-state index contributed by atoms with van der Waals surface area (Å²) < 4.78 is 0.780. The lowest BCUT2D eigenvalue weighted by atomic mass is 10.2. The standard InChI is InChI=1S/C11H14BrN3O/c1-7-8(4-5-10(12)14-7)15-11(16)9-3-2-6-13-9/h4-5,9,13H,2-3,6H2,1H3,(H,15,16)/t9-/m1/s1. The van der Waals surface area contributed by atoms with Gasteiger partial charge in [-0.25, -0.2) is 4.98 Å². The first-order valence-corrected chi connectivity index (χ1v) is 6.13. The summed E-state index contributed by atoms with van der Waals surface area (Å²) in [5.41, 5.74) is 1.60. The number of anilines is 1. The molecule has 2 rings (SSSR count). The molecule has 1 saturated heterocycles. The quantitative estimate of drug-likeness (QED) is 0.815. The molecule has 1 atom stereocenters. The number of aromatic nitrogens is 1. The molecule has 0 unspecified atom stereocenters. The van der Waals surface area contributed by atoms with Gasteiger partial charge < -0.3 is 10.6 Å². The average molecular weight is 284 g/mol. The van der Waals surface area contributed by atoms with Crippen LogP contribution in [-0.4, -0.2) is 23.5 Å². The Balaban J connectivity index is 2.05. The Labute approximate surface area is 103 Å². The number of hydrogen-bond acceptors (Lipinski definition) is 3. The van der Waals surface area contributed by atoms with Crippen LogP contribution in [0.25, 0.3) is 0 Å². The molecule has 5 heteroatoms. The zero-order chi connectivity index (χ0) is 11.5. The second-order valence-electron chi connectivity index (χ2n) is 3.91. The molecule has 1 aromatic heterocycles. The van der Waals surface area contributed by atoms with E-state index in [4.69, 9.17) is 0 Å². The number of amides is 1. The monoisotopic (exact) mass is 283 g/mol. The van der Waals surface area contributed by atoms with E-state index in [9.17, 15) is 4.79 Å². The van der Waals surface area contributed by atoms with Crippen molar-refractivity contribution >= 4 is 27.5 Å². The van der Waals surface area contributed by atoms with E-state index in [1.54, 1.807) is 0 Å². The molecule has 2 heterocycles. The maximum Gasteiger partial charge on any atom is 0.241 e. The molecule has 0 spiro atoms. The van der Waals surface area contributed by atoms with Crippen LogP contribution >= 0.6 is 15.9 Å². The van der Waals surface area contributed by atoms with Gasteiger partial charge in [0.25, 0.3) is 0 Å². The number of halogens is 1. The second kappa shape index (κ2) is 4.93. The van der Waals surface area contributed by atoms with Crippen molar-refractivity contribution in [1.29, 1.82) is 0 Å². The highest BCUT2D eigenvalue weighted by molar-refractivity contribution is 9.10. The van der Waals surface area contributed by atoms with E-state index in [0.717, 1.165) is 35.4 Å². The smallest absolute Gasteiger partial charge is 0.241 e. The number of aryl methyl sites for hydroxylation is 1. The van der Waals surface area contributed by atoms with E-state index >= 15 is 0 Å². The van der Waals surface area contributed by atoms with E-state index in [1.165, 1.54) is 0 Å². The molecule has 1 aromatic rings. The van der Waals surface area contributed by atoms with E-state index < -0.39 is 0 Å². The zero-order valence-corrected chi connectivity index (χ0v) is 10.7. The lowest BCUT2D eigenvalue weighted by Crippen LogP contribution is -2.35. The van der Waals surface area contributed by atoms with Gasteiger partial charge in [0.1, 0.15) is 4.60 Å². The van der Waals surface area contributed by atoms with Crippen LogP contribution in [0.1, 0.15) is 18.5 Å². The summed E-state index contributed by atoms with van der Waals surface area (Å²) >= 11 is 3.29. The second-order valence-corrected chi connectivity index (χ2v) is 4.72. The minimum Gasteiger partial charge on any atom is -0.323 e. The summed E-state index contributed by atoms with van der Waals surface area (Å²) in [6, 6.07) is 3.63. The highest BCUT2D eigenvalue weighted by atomic mass is 79.9. The van der Waals surface area contributed by atoms with Crippen molar-refractivity contribution in [2.24, 2.45) is 0 Å². The highest BCUT2D eigenvalue weighted by Gasteiger charge is 2.22. The molecular weight excluding hydrogens is 270 g/mol. The number of nitrogens with zero attached hydrogens (tertiary/aromatic N) is 1. The summed E-state index contributed by atoms with van der Waals surface area (Å²) in [6.07, 6.45) is 1.98. The fourth-order valence-corrected chi connectivity index (χ4v) is 2.19. The van der Waals surface area contributed by atoms with E-state index in [2.05, 4.69) is 31.5 Å². The molecule has 16 heavy (non-hydrogen) atoms. The van der Waals surface area contributed by atoms with Crippen molar-refractivity contribution in [1.82, 2.24) is 10.3 Å². The number of carbonyl (C=O) groups excluding carboxylic acids is 1. The van der Waals surface area contributed by atoms with Gasteiger partial charge in [0.05, 0.1) is 17.4 Å². The Morgan fingerprint density at radius 1 is 1.62 bits per heavy atom. The molecule has 2 N–H and O–H groups in total. The highest BCUT2D eigenvalue weighted by Crippen LogP contribution is 2.17. The lowest BCUT2D eigenvalue weighted by Gasteiger charge is -2.12. The van der Waals surface area contributed by atoms with Crippen LogP contribution in [0.5, 0.6) is 0 Å². The van der Waals surface area contributed by atoms with Crippen molar-refractivity contribution in [2.75, 3.05) is 11.9 Å². The Bertz CT molecular complexity index is 402. The molecule has 1 amide bonds. The van der Waals surface area contributed by atoms with Gasteiger partial charge in [0.2, 0.25) is 5.91 Å². The fourth-order valence-electron chi connectivity index (χ4n) is 1.79. The van der Waals surface area contributed by atoms with Crippen LogP contribution in [0, 0.1) is 6.92 Å². The Morgan fingerprint density at radius 2 is 2.44 bits per heavy atom. The summed E-state index contributed by atoms with van der Waals surface area (Å²) in [5.74, 6) is 0.0322. The van der Waals surface area contributed by atoms with Crippen molar-refractivity contribution in [3.8, 4) is 0 Å². The Morgan fingerprint density at radius 3 is 3.06 bits per heavy atom. The third kappa shape index (κ3) is 2.59. The predicted molar refractivity (Wildman–Crippen MR) is 66.3 cm³/mol. The fraction of sp³-hybridized carbons (Fsp3) is 0.455. The number of carbonyl (C=O) groups is 1. The Kier molecular flexibility index (Phi) is 3.56. The minimum atomic E-state index is -0.0527. The summed E-state index contributed by atoms with van der Waals surface area (Å²) in [7, 11) is 0. The van der Waals surface area contributed by atoms with E-state index in [1.807, 2.05) is 19.1 Å². The van der Waals surface area contributed by atoms with Gasteiger partial charge in [-0.05, 0) is 54.4 Å². The first kappa shape index (κ1) is 11.5. The first-order valence-electron chi connectivity index (χ1n) is 5.34. The van der Waals surface area contributed by atoms with Crippen LogP contribution in [0.2, 0.25) is 0 Å². The Hall–Kier alpha value is -0.940. The molecule has 86 valence electrons. The maximum atomic E-state index is 11.8. The van der Waals surface area contributed by atoms with Gasteiger partial charge in [-0.2, -0.15) is 0 Å². The van der Waals surface area contributed by atoms with Crippen molar-refractivity contribution in [3.63, 3.8) is 0 Å². The number of nitrogens with one attached hydrogen (secondary N) is 2. The molecule has 1 fully saturated rings. The lowest BCUT2D eigenvalue weighted by molar-refractivity contribution is -0.117. The zero-order valence-electron chi connectivity index (χ0n) is 9.09. The molecular formula is C11H14BrN3O. The first-order chi connectivity index (χ1) is 7.66. The number of pyridine rings is 1.